The van der Waals surface area contributed by atoms with Gasteiger partial charge in [0.25, 0.3) is 0 Å². The van der Waals surface area contributed by atoms with E-state index in [1.54, 1.807) is 13.8 Å². The van der Waals surface area contributed by atoms with Crippen molar-refractivity contribution in [1.29, 1.82) is 0 Å². The number of nitrogens with one attached hydrogen (secondary N) is 1. The lowest BCUT2D eigenvalue weighted by atomic mass is 10.1. The summed E-state index contributed by atoms with van der Waals surface area (Å²) in [5.74, 6) is -2.18. The fourth-order valence-corrected chi connectivity index (χ4v) is 2.78. The molecule has 0 aliphatic heterocycles. The Morgan fingerprint density at radius 3 is 2.39 bits per heavy atom. The van der Waals surface area contributed by atoms with E-state index in [0.29, 0.717) is 6.07 Å². The van der Waals surface area contributed by atoms with Crippen molar-refractivity contribution < 1.29 is 22.3 Å². The molecular formula is C11H15F2NO3S. The first kappa shape index (κ1) is 15.0. The lowest BCUT2D eigenvalue weighted by Gasteiger charge is -2.19. The SMILES string of the molecule is CC(C)C(CO)NS(=O)(=O)c1ccc(F)cc1F. The number of hydrogen-bond donors (Lipinski definition) is 2. The van der Waals surface area contributed by atoms with Crippen LogP contribution in [0.15, 0.2) is 23.1 Å². The van der Waals surface area contributed by atoms with Gasteiger partial charge in [-0.1, -0.05) is 13.8 Å². The molecule has 2 N–H and O–H groups in total. The van der Waals surface area contributed by atoms with E-state index in [9.17, 15) is 17.2 Å². The summed E-state index contributed by atoms with van der Waals surface area (Å²) in [4.78, 5) is -0.636. The van der Waals surface area contributed by atoms with Crippen molar-refractivity contribution in [1.82, 2.24) is 4.72 Å². The molecule has 1 aromatic carbocycles. The Balaban J connectivity index is 3.06. The summed E-state index contributed by atoms with van der Waals surface area (Å²) in [5.41, 5.74) is 0. The quantitative estimate of drug-likeness (QED) is 0.852. The summed E-state index contributed by atoms with van der Waals surface area (Å²) in [7, 11) is -4.12. The van der Waals surface area contributed by atoms with E-state index in [2.05, 4.69) is 4.72 Å². The highest BCUT2D eigenvalue weighted by Gasteiger charge is 2.24. The summed E-state index contributed by atoms with van der Waals surface area (Å²) in [6.07, 6.45) is 0. The highest BCUT2D eigenvalue weighted by atomic mass is 32.2. The molecular weight excluding hydrogens is 264 g/mol. The lowest BCUT2D eigenvalue weighted by molar-refractivity contribution is 0.227. The average molecular weight is 279 g/mol. The van der Waals surface area contributed by atoms with Crippen LogP contribution in [-0.2, 0) is 10.0 Å². The van der Waals surface area contributed by atoms with Crippen LogP contribution >= 0.6 is 0 Å². The molecule has 1 unspecified atom stereocenters. The number of rotatable bonds is 5. The van der Waals surface area contributed by atoms with E-state index in [-0.39, 0.29) is 5.92 Å². The standard InChI is InChI=1S/C11H15F2NO3S/c1-7(2)10(6-15)14-18(16,17)11-4-3-8(12)5-9(11)13/h3-5,7,10,14-15H,6H2,1-2H3. The van der Waals surface area contributed by atoms with Crippen molar-refractivity contribution in [3.8, 4) is 0 Å². The fourth-order valence-electron chi connectivity index (χ4n) is 1.34. The summed E-state index contributed by atoms with van der Waals surface area (Å²) < 4.78 is 52.0. The van der Waals surface area contributed by atoms with E-state index in [0.717, 1.165) is 12.1 Å². The summed E-state index contributed by atoms with van der Waals surface area (Å²) in [6, 6.07) is 1.49. The second kappa shape index (κ2) is 5.73. The van der Waals surface area contributed by atoms with Crippen LogP contribution in [0.4, 0.5) is 8.78 Å². The van der Waals surface area contributed by atoms with Crippen LogP contribution in [0.25, 0.3) is 0 Å². The molecule has 18 heavy (non-hydrogen) atoms. The van der Waals surface area contributed by atoms with Crippen LogP contribution in [0.1, 0.15) is 13.8 Å². The molecule has 0 aliphatic rings. The Labute approximate surface area is 105 Å². The van der Waals surface area contributed by atoms with Gasteiger partial charge in [0.2, 0.25) is 10.0 Å². The van der Waals surface area contributed by atoms with Gasteiger partial charge in [0.05, 0.1) is 6.61 Å². The fraction of sp³-hybridized carbons (Fsp3) is 0.455. The van der Waals surface area contributed by atoms with Gasteiger partial charge < -0.3 is 5.11 Å². The zero-order valence-electron chi connectivity index (χ0n) is 10.0. The molecule has 102 valence electrons. The number of sulfonamides is 1. The van der Waals surface area contributed by atoms with Crippen molar-refractivity contribution in [3.05, 3.63) is 29.8 Å². The van der Waals surface area contributed by atoms with Crippen LogP contribution in [0.2, 0.25) is 0 Å². The third-order valence-corrected chi connectivity index (χ3v) is 4.01. The van der Waals surface area contributed by atoms with Gasteiger partial charge in [-0.25, -0.2) is 21.9 Å². The highest BCUT2D eigenvalue weighted by molar-refractivity contribution is 7.89. The van der Waals surface area contributed by atoms with Crippen molar-refractivity contribution in [2.75, 3.05) is 6.61 Å². The van der Waals surface area contributed by atoms with Crippen LogP contribution in [0, 0.1) is 17.6 Å². The van der Waals surface area contributed by atoms with Crippen molar-refractivity contribution >= 4 is 10.0 Å². The molecule has 0 saturated heterocycles. The van der Waals surface area contributed by atoms with E-state index in [1.807, 2.05) is 0 Å². The van der Waals surface area contributed by atoms with Crippen LogP contribution in [-0.4, -0.2) is 26.2 Å². The van der Waals surface area contributed by atoms with Gasteiger partial charge in [-0.3, -0.25) is 0 Å². The molecule has 0 aliphatic carbocycles. The number of halogens is 2. The molecule has 7 heteroatoms. The van der Waals surface area contributed by atoms with Gasteiger partial charge in [-0.05, 0) is 18.1 Å². The van der Waals surface area contributed by atoms with Gasteiger partial charge in [0.1, 0.15) is 16.5 Å². The summed E-state index contributed by atoms with van der Waals surface area (Å²) in [6.45, 7) is 3.02. The normalized spacial score (nSPS) is 13.9. The maximum atomic E-state index is 13.4. The first-order chi connectivity index (χ1) is 8.27. The monoisotopic (exact) mass is 279 g/mol. The van der Waals surface area contributed by atoms with Gasteiger partial charge >= 0.3 is 0 Å². The molecule has 0 heterocycles. The summed E-state index contributed by atoms with van der Waals surface area (Å²) in [5, 5.41) is 9.04. The van der Waals surface area contributed by atoms with E-state index in [4.69, 9.17) is 5.11 Å². The molecule has 4 nitrogen and oxygen atoms in total. The van der Waals surface area contributed by atoms with E-state index < -0.39 is 39.2 Å². The Kier molecular flexibility index (Phi) is 4.78. The number of benzene rings is 1. The lowest BCUT2D eigenvalue weighted by Crippen LogP contribution is -2.41. The first-order valence-electron chi connectivity index (χ1n) is 5.36. The third kappa shape index (κ3) is 3.47. The second-order valence-electron chi connectivity index (χ2n) is 4.23. The molecule has 0 bridgehead atoms. The Morgan fingerprint density at radius 1 is 1.33 bits per heavy atom. The molecule has 0 amide bonds. The van der Waals surface area contributed by atoms with Crippen molar-refractivity contribution in [2.24, 2.45) is 5.92 Å². The van der Waals surface area contributed by atoms with Gasteiger partial charge in [-0.2, -0.15) is 0 Å². The van der Waals surface area contributed by atoms with Crippen LogP contribution in [0.5, 0.6) is 0 Å². The van der Waals surface area contributed by atoms with E-state index in [1.165, 1.54) is 0 Å². The zero-order valence-corrected chi connectivity index (χ0v) is 10.8. The van der Waals surface area contributed by atoms with Gasteiger partial charge in [-0.15, -0.1) is 0 Å². The van der Waals surface area contributed by atoms with Crippen LogP contribution < -0.4 is 4.72 Å². The Hall–Kier alpha value is -1.05. The Bertz CT molecular complexity index is 517. The molecule has 1 atom stereocenters. The van der Waals surface area contributed by atoms with Crippen LogP contribution in [0.3, 0.4) is 0 Å². The minimum Gasteiger partial charge on any atom is -0.395 e. The zero-order chi connectivity index (χ0) is 13.9. The van der Waals surface area contributed by atoms with Crippen molar-refractivity contribution in [2.45, 2.75) is 24.8 Å². The molecule has 1 rings (SSSR count). The largest absolute Gasteiger partial charge is 0.395 e. The molecule has 0 aromatic heterocycles. The maximum Gasteiger partial charge on any atom is 0.243 e. The first-order valence-corrected chi connectivity index (χ1v) is 6.84. The Morgan fingerprint density at radius 2 is 1.94 bits per heavy atom. The minimum atomic E-state index is -4.12. The average Bonchev–Trinajstić information content (AvgIpc) is 2.24. The highest BCUT2D eigenvalue weighted by Crippen LogP contribution is 2.16. The minimum absolute atomic E-state index is 0.159. The third-order valence-electron chi connectivity index (χ3n) is 2.49. The smallest absolute Gasteiger partial charge is 0.243 e. The topological polar surface area (TPSA) is 66.4 Å². The van der Waals surface area contributed by atoms with E-state index >= 15 is 0 Å². The van der Waals surface area contributed by atoms with Gasteiger partial charge in [0, 0.05) is 12.1 Å². The van der Waals surface area contributed by atoms with Crippen molar-refractivity contribution in [3.63, 3.8) is 0 Å². The molecule has 0 saturated carbocycles. The predicted molar refractivity (Wildman–Crippen MR) is 62.4 cm³/mol. The molecule has 0 spiro atoms. The molecule has 0 radical (unpaired) electrons. The number of aliphatic hydroxyl groups is 1. The molecule has 0 fully saturated rings. The molecule has 1 aromatic rings. The number of hydrogen-bond acceptors (Lipinski definition) is 3. The predicted octanol–water partition coefficient (Wildman–Crippen LogP) is 1.26. The summed E-state index contributed by atoms with van der Waals surface area (Å²) >= 11 is 0. The van der Waals surface area contributed by atoms with Gasteiger partial charge in [0.15, 0.2) is 0 Å². The second-order valence-corrected chi connectivity index (χ2v) is 5.91. The maximum absolute atomic E-state index is 13.4. The number of aliphatic hydroxyl groups excluding tert-OH is 1.